The predicted molar refractivity (Wildman–Crippen MR) is 42.1 cm³/mol. The van der Waals surface area contributed by atoms with Gasteiger partial charge in [0.25, 0.3) is 0 Å². The Morgan fingerprint density at radius 3 is 2.30 bits per heavy atom. The van der Waals surface area contributed by atoms with Gasteiger partial charge in [0.15, 0.2) is 0 Å². The zero-order valence-corrected chi connectivity index (χ0v) is 7.35. The van der Waals surface area contributed by atoms with E-state index in [0.29, 0.717) is 11.6 Å². The quantitative estimate of drug-likeness (QED) is 0.545. The largest absolute Gasteiger partial charge is 0.380 e. The molecule has 2 heteroatoms. The molecule has 10 heavy (non-hydrogen) atoms. The summed E-state index contributed by atoms with van der Waals surface area (Å²) in [5, 5.41) is 0. The fourth-order valence-electron chi connectivity index (χ4n) is 1.49. The van der Waals surface area contributed by atoms with Crippen molar-refractivity contribution in [2.45, 2.75) is 31.9 Å². The maximum atomic E-state index is 5.28. The first-order chi connectivity index (χ1) is 4.56. The van der Waals surface area contributed by atoms with Gasteiger partial charge in [-0.05, 0) is 27.3 Å². The molecule has 0 aromatic carbocycles. The molecule has 0 aliphatic carbocycles. The van der Waals surface area contributed by atoms with E-state index in [9.17, 15) is 0 Å². The molecule has 0 aromatic heterocycles. The molecule has 1 saturated heterocycles. The number of ether oxygens (including phenoxy) is 1. The molecule has 0 spiro atoms. The van der Waals surface area contributed by atoms with Crippen molar-refractivity contribution in [3.05, 3.63) is 0 Å². The summed E-state index contributed by atoms with van der Waals surface area (Å²) in [6, 6.07) is 0. The van der Waals surface area contributed by atoms with Crippen LogP contribution in [0.4, 0.5) is 0 Å². The van der Waals surface area contributed by atoms with Gasteiger partial charge in [0.2, 0.25) is 0 Å². The Hall–Kier alpha value is -0.0800. The summed E-state index contributed by atoms with van der Waals surface area (Å²) in [4.78, 5) is 2.35. The molecule has 0 unspecified atom stereocenters. The van der Waals surface area contributed by atoms with E-state index in [4.69, 9.17) is 4.74 Å². The van der Waals surface area contributed by atoms with Gasteiger partial charge >= 0.3 is 0 Å². The standard InChI is InChI=1S/C8H17NO/c1-8(2)5-7(10-4)6-9(8)3/h7H,5-6H2,1-4H3/t7-/m0/s1. The Bertz CT molecular complexity index is 122. The van der Waals surface area contributed by atoms with Crippen LogP contribution in [0.15, 0.2) is 0 Å². The van der Waals surface area contributed by atoms with Crippen molar-refractivity contribution in [3.8, 4) is 0 Å². The van der Waals surface area contributed by atoms with E-state index in [1.165, 1.54) is 0 Å². The molecule has 1 aliphatic heterocycles. The molecule has 1 heterocycles. The third kappa shape index (κ3) is 1.32. The van der Waals surface area contributed by atoms with E-state index >= 15 is 0 Å². The van der Waals surface area contributed by atoms with Crippen molar-refractivity contribution in [1.29, 1.82) is 0 Å². The molecule has 0 aromatic rings. The van der Waals surface area contributed by atoms with E-state index in [0.717, 1.165) is 13.0 Å². The minimum absolute atomic E-state index is 0.334. The average molecular weight is 143 g/mol. The molecule has 0 saturated carbocycles. The summed E-state index contributed by atoms with van der Waals surface area (Å²) < 4.78 is 5.28. The van der Waals surface area contributed by atoms with Crippen LogP contribution in [0.1, 0.15) is 20.3 Å². The highest BCUT2D eigenvalue weighted by molar-refractivity contribution is 4.91. The maximum absolute atomic E-state index is 5.28. The van der Waals surface area contributed by atoms with Gasteiger partial charge in [-0.1, -0.05) is 0 Å². The Kier molecular flexibility index (Phi) is 2.02. The minimum atomic E-state index is 0.334. The van der Waals surface area contributed by atoms with Crippen molar-refractivity contribution in [2.24, 2.45) is 0 Å². The maximum Gasteiger partial charge on any atom is 0.0715 e. The summed E-state index contributed by atoms with van der Waals surface area (Å²) in [6.07, 6.45) is 1.60. The van der Waals surface area contributed by atoms with Gasteiger partial charge in [-0.3, -0.25) is 4.90 Å². The zero-order chi connectivity index (χ0) is 7.78. The summed E-state index contributed by atoms with van der Waals surface area (Å²) in [5.74, 6) is 0. The van der Waals surface area contributed by atoms with Gasteiger partial charge in [-0.25, -0.2) is 0 Å². The average Bonchev–Trinajstić information content (AvgIpc) is 2.08. The first kappa shape index (κ1) is 8.02. The third-order valence-corrected chi connectivity index (χ3v) is 2.57. The SMILES string of the molecule is CO[C@@H]1CN(C)C(C)(C)C1. The highest BCUT2D eigenvalue weighted by Gasteiger charge is 2.35. The Balaban J connectivity index is 2.53. The van der Waals surface area contributed by atoms with E-state index in [-0.39, 0.29) is 0 Å². The summed E-state index contributed by atoms with van der Waals surface area (Å²) in [5.41, 5.74) is 0.334. The normalized spacial score (nSPS) is 33.0. The van der Waals surface area contributed by atoms with Crippen LogP contribution in [0.25, 0.3) is 0 Å². The molecule has 60 valence electrons. The lowest BCUT2D eigenvalue weighted by Crippen LogP contribution is -2.34. The lowest BCUT2D eigenvalue weighted by Gasteiger charge is -2.26. The van der Waals surface area contributed by atoms with Crippen LogP contribution >= 0.6 is 0 Å². The van der Waals surface area contributed by atoms with Crippen molar-refractivity contribution >= 4 is 0 Å². The highest BCUT2D eigenvalue weighted by Crippen LogP contribution is 2.27. The van der Waals surface area contributed by atoms with Gasteiger partial charge in [0.1, 0.15) is 0 Å². The van der Waals surface area contributed by atoms with Gasteiger partial charge in [-0.15, -0.1) is 0 Å². The fraction of sp³-hybridized carbons (Fsp3) is 1.00. The molecular formula is C8H17NO. The number of methoxy groups -OCH3 is 1. The molecule has 2 nitrogen and oxygen atoms in total. The van der Waals surface area contributed by atoms with Gasteiger partial charge < -0.3 is 4.74 Å². The lowest BCUT2D eigenvalue weighted by atomic mass is 10.0. The molecule has 1 aliphatic rings. The third-order valence-electron chi connectivity index (χ3n) is 2.57. The van der Waals surface area contributed by atoms with Crippen LogP contribution in [-0.4, -0.2) is 37.2 Å². The van der Waals surface area contributed by atoms with Crippen molar-refractivity contribution in [3.63, 3.8) is 0 Å². The van der Waals surface area contributed by atoms with E-state index < -0.39 is 0 Å². The first-order valence-corrected chi connectivity index (χ1v) is 3.80. The predicted octanol–water partition coefficient (Wildman–Crippen LogP) is 1.12. The van der Waals surface area contributed by atoms with Crippen molar-refractivity contribution in [1.82, 2.24) is 4.90 Å². The van der Waals surface area contributed by atoms with Gasteiger partial charge in [0.05, 0.1) is 6.10 Å². The van der Waals surface area contributed by atoms with Gasteiger partial charge in [-0.2, -0.15) is 0 Å². The van der Waals surface area contributed by atoms with Crippen LogP contribution < -0.4 is 0 Å². The smallest absolute Gasteiger partial charge is 0.0715 e. The second-order valence-corrected chi connectivity index (χ2v) is 3.75. The van der Waals surface area contributed by atoms with E-state index in [1.807, 2.05) is 0 Å². The highest BCUT2D eigenvalue weighted by atomic mass is 16.5. The first-order valence-electron chi connectivity index (χ1n) is 3.80. The molecule has 1 fully saturated rings. The van der Waals surface area contributed by atoms with Crippen LogP contribution in [0, 0.1) is 0 Å². The number of likely N-dealkylation sites (tertiary alicyclic amines) is 1. The number of nitrogens with zero attached hydrogens (tertiary/aromatic N) is 1. The van der Waals surface area contributed by atoms with Gasteiger partial charge in [0, 0.05) is 19.2 Å². The summed E-state index contributed by atoms with van der Waals surface area (Å²) in [6.45, 7) is 5.58. The molecule has 1 rings (SSSR count). The monoisotopic (exact) mass is 143 g/mol. The molecular weight excluding hydrogens is 126 g/mol. The van der Waals surface area contributed by atoms with Crippen LogP contribution in [0.2, 0.25) is 0 Å². The van der Waals surface area contributed by atoms with Crippen LogP contribution in [-0.2, 0) is 4.74 Å². The zero-order valence-electron chi connectivity index (χ0n) is 7.35. The van der Waals surface area contributed by atoms with Crippen LogP contribution in [0.5, 0.6) is 0 Å². The summed E-state index contributed by atoms with van der Waals surface area (Å²) in [7, 11) is 3.94. The molecule has 1 atom stereocenters. The lowest BCUT2D eigenvalue weighted by molar-refractivity contribution is 0.111. The molecule has 0 radical (unpaired) electrons. The molecule has 0 N–H and O–H groups in total. The summed E-state index contributed by atoms with van der Waals surface area (Å²) >= 11 is 0. The minimum Gasteiger partial charge on any atom is -0.380 e. The van der Waals surface area contributed by atoms with Crippen molar-refractivity contribution < 1.29 is 4.74 Å². The Labute approximate surface area is 63.2 Å². The number of rotatable bonds is 1. The van der Waals surface area contributed by atoms with E-state index in [1.54, 1.807) is 7.11 Å². The van der Waals surface area contributed by atoms with Crippen molar-refractivity contribution in [2.75, 3.05) is 20.7 Å². The van der Waals surface area contributed by atoms with Crippen LogP contribution in [0.3, 0.4) is 0 Å². The Morgan fingerprint density at radius 1 is 1.50 bits per heavy atom. The fourth-order valence-corrected chi connectivity index (χ4v) is 1.49. The number of hydrogen-bond donors (Lipinski definition) is 0. The number of likely N-dealkylation sites (N-methyl/N-ethyl adjacent to an activating group) is 1. The Morgan fingerprint density at radius 2 is 2.10 bits per heavy atom. The number of hydrogen-bond acceptors (Lipinski definition) is 2. The molecule has 0 bridgehead atoms. The topological polar surface area (TPSA) is 12.5 Å². The molecule has 0 amide bonds. The van der Waals surface area contributed by atoms with E-state index in [2.05, 4.69) is 25.8 Å². The second-order valence-electron chi connectivity index (χ2n) is 3.75. The second kappa shape index (κ2) is 2.51.